The number of carbonyl (C=O) groups excluding carboxylic acids is 1. The summed E-state index contributed by atoms with van der Waals surface area (Å²) in [5.74, 6) is -0.143. The van der Waals surface area contributed by atoms with Gasteiger partial charge >= 0.3 is 0 Å². The molecule has 1 atom stereocenters. The number of halogens is 2. The molecule has 0 bridgehead atoms. The fourth-order valence-electron chi connectivity index (χ4n) is 2.12. The van der Waals surface area contributed by atoms with Crippen LogP contribution in [0.25, 0.3) is 0 Å². The second kappa shape index (κ2) is 7.12. The van der Waals surface area contributed by atoms with Crippen LogP contribution in [0.4, 0.5) is 14.5 Å². The standard InChI is InChI=1S/C18H15F2N3O2/c1-12(18(24)22-15-6-2-13(19)3-7-15)23-11-17(10-21-23)25-16-8-4-14(20)5-9-16/h2-12H,1H3,(H,22,24). The van der Waals surface area contributed by atoms with Gasteiger partial charge in [0.2, 0.25) is 5.91 Å². The predicted molar refractivity (Wildman–Crippen MR) is 88.4 cm³/mol. The van der Waals surface area contributed by atoms with Crippen LogP contribution in [0.2, 0.25) is 0 Å². The Kier molecular flexibility index (Phi) is 4.74. The van der Waals surface area contributed by atoms with Gasteiger partial charge in [-0.15, -0.1) is 0 Å². The van der Waals surface area contributed by atoms with Crippen molar-refractivity contribution in [2.75, 3.05) is 5.32 Å². The van der Waals surface area contributed by atoms with E-state index in [-0.39, 0.29) is 17.5 Å². The predicted octanol–water partition coefficient (Wildman–Crippen LogP) is 4.15. The van der Waals surface area contributed by atoms with E-state index >= 15 is 0 Å². The summed E-state index contributed by atoms with van der Waals surface area (Å²) in [4.78, 5) is 12.3. The van der Waals surface area contributed by atoms with Gasteiger partial charge in [-0.25, -0.2) is 8.78 Å². The van der Waals surface area contributed by atoms with Crippen molar-refractivity contribution >= 4 is 11.6 Å². The van der Waals surface area contributed by atoms with Gasteiger partial charge in [-0.05, 0) is 55.5 Å². The smallest absolute Gasteiger partial charge is 0.248 e. The lowest BCUT2D eigenvalue weighted by Crippen LogP contribution is -2.23. The number of benzene rings is 2. The number of aromatic nitrogens is 2. The van der Waals surface area contributed by atoms with Gasteiger partial charge in [0.05, 0.1) is 12.4 Å². The molecule has 0 spiro atoms. The van der Waals surface area contributed by atoms with Gasteiger partial charge in [-0.3, -0.25) is 9.48 Å². The van der Waals surface area contributed by atoms with E-state index in [4.69, 9.17) is 4.74 Å². The number of carbonyl (C=O) groups is 1. The molecule has 25 heavy (non-hydrogen) atoms. The summed E-state index contributed by atoms with van der Waals surface area (Å²) < 4.78 is 32.8. The van der Waals surface area contributed by atoms with Crippen LogP contribution in [0.3, 0.4) is 0 Å². The third kappa shape index (κ3) is 4.20. The first-order valence-electron chi connectivity index (χ1n) is 7.55. The number of hydrogen-bond acceptors (Lipinski definition) is 3. The highest BCUT2D eigenvalue weighted by Crippen LogP contribution is 2.22. The van der Waals surface area contributed by atoms with Gasteiger partial charge in [0.15, 0.2) is 5.75 Å². The molecule has 0 fully saturated rings. The van der Waals surface area contributed by atoms with Crippen LogP contribution in [-0.4, -0.2) is 15.7 Å². The number of hydrogen-bond donors (Lipinski definition) is 1. The van der Waals surface area contributed by atoms with Crippen LogP contribution in [-0.2, 0) is 4.79 Å². The largest absolute Gasteiger partial charge is 0.454 e. The first-order chi connectivity index (χ1) is 12.0. The van der Waals surface area contributed by atoms with Crippen LogP contribution < -0.4 is 10.1 Å². The molecule has 0 radical (unpaired) electrons. The van der Waals surface area contributed by atoms with Gasteiger partial charge in [-0.2, -0.15) is 5.10 Å². The first kappa shape index (κ1) is 16.6. The normalized spacial score (nSPS) is 11.8. The number of anilines is 1. The Balaban J connectivity index is 1.65. The molecule has 0 aliphatic carbocycles. The molecule has 7 heteroatoms. The molecule has 1 aromatic heterocycles. The second-order valence-electron chi connectivity index (χ2n) is 5.38. The molecular formula is C18H15F2N3O2. The minimum absolute atomic E-state index is 0.303. The summed E-state index contributed by atoms with van der Waals surface area (Å²) in [6, 6.07) is 10.5. The zero-order valence-corrected chi connectivity index (χ0v) is 13.3. The number of amides is 1. The summed E-state index contributed by atoms with van der Waals surface area (Å²) in [6.45, 7) is 1.67. The van der Waals surface area contributed by atoms with Crippen molar-refractivity contribution in [1.29, 1.82) is 0 Å². The monoisotopic (exact) mass is 343 g/mol. The van der Waals surface area contributed by atoms with Crippen molar-refractivity contribution in [2.24, 2.45) is 0 Å². The topological polar surface area (TPSA) is 56.2 Å². The first-order valence-corrected chi connectivity index (χ1v) is 7.55. The van der Waals surface area contributed by atoms with Gasteiger partial charge in [0.25, 0.3) is 0 Å². The molecule has 1 heterocycles. The molecule has 1 N–H and O–H groups in total. The van der Waals surface area contributed by atoms with Gasteiger partial charge in [0, 0.05) is 5.69 Å². The maximum absolute atomic E-state index is 12.9. The maximum atomic E-state index is 12.9. The molecule has 0 saturated carbocycles. The average molecular weight is 343 g/mol. The van der Waals surface area contributed by atoms with E-state index in [1.165, 1.54) is 59.4 Å². The molecule has 2 aromatic carbocycles. The highest BCUT2D eigenvalue weighted by atomic mass is 19.1. The van der Waals surface area contributed by atoms with E-state index in [1.54, 1.807) is 13.1 Å². The van der Waals surface area contributed by atoms with Gasteiger partial charge in [-0.1, -0.05) is 0 Å². The molecule has 3 aromatic rings. The number of nitrogens with zero attached hydrogens (tertiary/aromatic N) is 2. The molecule has 3 rings (SSSR count). The van der Waals surface area contributed by atoms with Crippen LogP contribution in [0.15, 0.2) is 60.9 Å². The highest BCUT2D eigenvalue weighted by Gasteiger charge is 2.16. The van der Waals surface area contributed by atoms with E-state index in [9.17, 15) is 13.6 Å². The third-order valence-electron chi connectivity index (χ3n) is 3.52. The van der Waals surface area contributed by atoms with E-state index in [1.807, 2.05) is 0 Å². The summed E-state index contributed by atoms with van der Waals surface area (Å²) in [5.41, 5.74) is 0.494. The van der Waals surface area contributed by atoms with Gasteiger partial charge in [0.1, 0.15) is 23.4 Å². The minimum Gasteiger partial charge on any atom is -0.454 e. The quantitative estimate of drug-likeness (QED) is 0.757. The SMILES string of the molecule is CC(C(=O)Nc1ccc(F)cc1)n1cc(Oc2ccc(F)cc2)cn1. The summed E-state index contributed by atoms with van der Waals surface area (Å²) in [5, 5.41) is 6.79. The lowest BCUT2D eigenvalue weighted by molar-refractivity contribution is -0.119. The molecule has 1 amide bonds. The number of nitrogens with one attached hydrogen (secondary N) is 1. The fraction of sp³-hybridized carbons (Fsp3) is 0.111. The van der Waals surface area contributed by atoms with Crippen molar-refractivity contribution in [3.05, 3.63) is 72.6 Å². The van der Waals surface area contributed by atoms with Crippen molar-refractivity contribution in [3.63, 3.8) is 0 Å². The average Bonchev–Trinajstić information content (AvgIpc) is 3.07. The van der Waals surface area contributed by atoms with E-state index in [0.717, 1.165) is 0 Å². The molecule has 0 aliphatic rings. The fourth-order valence-corrected chi connectivity index (χ4v) is 2.12. The molecule has 1 unspecified atom stereocenters. The van der Waals surface area contributed by atoms with Crippen molar-refractivity contribution in [3.8, 4) is 11.5 Å². The zero-order valence-electron chi connectivity index (χ0n) is 13.3. The van der Waals surface area contributed by atoms with E-state index < -0.39 is 6.04 Å². The minimum atomic E-state index is -0.601. The van der Waals surface area contributed by atoms with Crippen LogP contribution in [0.5, 0.6) is 11.5 Å². The molecular weight excluding hydrogens is 328 g/mol. The van der Waals surface area contributed by atoms with Crippen molar-refractivity contribution in [1.82, 2.24) is 9.78 Å². The zero-order chi connectivity index (χ0) is 17.8. The Labute approximate surface area is 142 Å². The molecule has 0 aliphatic heterocycles. The van der Waals surface area contributed by atoms with E-state index in [2.05, 4.69) is 10.4 Å². The summed E-state index contributed by atoms with van der Waals surface area (Å²) in [7, 11) is 0. The number of rotatable bonds is 5. The Bertz CT molecular complexity index is 861. The van der Waals surface area contributed by atoms with E-state index in [0.29, 0.717) is 17.2 Å². The molecule has 5 nitrogen and oxygen atoms in total. The lowest BCUT2D eigenvalue weighted by Gasteiger charge is -2.12. The van der Waals surface area contributed by atoms with Crippen LogP contribution >= 0.6 is 0 Å². The lowest BCUT2D eigenvalue weighted by atomic mass is 10.2. The Morgan fingerprint density at radius 3 is 2.28 bits per heavy atom. The summed E-state index contributed by atoms with van der Waals surface area (Å²) in [6.07, 6.45) is 3.03. The highest BCUT2D eigenvalue weighted by molar-refractivity contribution is 5.93. The summed E-state index contributed by atoms with van der Waals surface area (Å²) >= 11 is 0. The molecule has 0 saturated heterocycles. The van der Waals surface area contributed by atoms with Crippen molar-refractivity contribution in [2.45, 2.75) is 13.0 Å². The van der Waals surface area contributed by atoms with Gasteiger partial charge < -0.3 is 10.1 Å². The van der Waals surface area contributed by atoms with Crippen LogP contribution in [0.1, 0.15) is 13.0 Å². The Morgan fingerprint density at radius 2 is 1.64 bits per heavy atom. The molecule has 128 valence electrons. The maximum Gasteiger partial charge on any atom is 0.248 e. The number of ether oxygens (including phenoxy) is 1. The Morgan fingerprint density at radius 1 is 1.04 bits per heavy atom. The van der Waals surface area contributed by atoms with Crippen LogP contribution in [0, 0.1) is 11.6 Å². The second-order valence-corrected chi connectivity index (χ2v) is 5.38. The third-order valence-corrected chi connectivity index (χ3v) is 3.52. The van der Waals surface area contributed by atoms with Crippen molar-refractivity contribution < 1.29 is 18.3 Å². The Hall–Kier alpha value is -3.22.